The zero-order valence-electron chi connectivity index (χ0n) is 10.4. The molecule has 1 aliphatic heterocycles. The standard InChI is InChI=1S/C11H12N2O6S/c1-20(17,18)7-4-2-3-6(5-7)12-9(14)8-10(15)13-19-11(8)16/h2-5,8,10,13,15H,1H3,(H,12,14). The number of aliphatic hydroxyl groups excluding tert-OH is 1. The number of hydrogen-bond acceptors (Lipinski definition) is 7. The van der Waals surface area contributed by atoms with Gasteiger partial charge in [-0.1, -0.05) is 6.07 Å². The Bertz CT molecular complexity index is 657. The molecule has 8 nitrogen and oxygen atoms in total. The second-order valence-electron chi connectivity index (χ2n) is 4.25. The molecule has 1 heterocycles. The lowest BCUT2D eigenvalue weighted by molar-refractivity contribution is -0.147. The van der Waals surface area contributed by atoms with Crippen LogP contribution in [0.25, 0.3) is 0 Å². The number of hydroxylamine groups is 1. The minimum atomic E-state index is -3.41. The molecule has 0 spiro atoms. The molecule has 2 unspecified atom stereocenters. The topological polar surface area (TPSA) is 122 Å². The van der Waals surface area contributed by atoms with E-state index < -0.39 is 33.9 Å². The van der Waals surface area contributed by atoms with E-state index in [1.165, 1.54) is 24.3 Å². The highest BCUT2D eigenvalue weighted by Gasteiger charge is 2.41. The molecule has 1 saturated heterocycles. The lowest BCUT2D eigenvalue weighted by atomic mass is 10.1. The predicted octanol–water partition coefficient (Wildman–Crippen LogP) is -0.975. The number of rotatable bonds is 3. The second kappa shape index (κ2) is 5.19. The minimum absolute atomic E-state index is 0.0305. The Balaban J connectivity index is 2.18. The lowest BCUT2D eigenvalue weighted by Gasteiger charge is -2.10. The number of amides is 1. The van der Waals surface area contributed by atoms with Crippen LogP contribution in [0.1, 0.15) is 0 Å². The van der Waals surface area contributed by atoms with E-state index in [-0.39, 0.29) is 10.6 Å². The van der Waals surface area contributed by atoms with E-state index in [0.29, 0.717) is 0 Å². The van der Waals surface area contributed by atoms with Gasteiger partial charge in [-0.25, -0.2) is 13.2 Å². The molecule has 1 amide bonds. The zero-order valence-corrected chi connectivity index (χ0v) is 11.2. The van der Waals surface area contributed by atoms with Gasteiger partial charge in [0.2, 0.25) is 5.91 Å². The van der Waals surface area contributed by atoms with Crippen molar-refractivity contribution in [2.24, 2.45) is 5.92 Å². The van der Waals surface area contributed by atoms with Gasteiger partial charge in [0.05, 0.1) is 4.90 Å². The quantitative estimate of drug-likeness (QED) is 0.613. The van der Waals surface area contributed by atoms with Crippen molar-refractivity contribution >= 4 is 27.4 Å². The molecule has 0 saturated carbocycles. The predicted molar refractivity (Wildman–Crippen MR) is 66.9 cm³/mol. The number of benzene rings is 1. The van der Waals surface area contributed by atoms with Crippen molar-refractivity contribution in [2.45, 2.75) is 11.1 Å². The van der Waals surface area contributed by atoms with Crippen LogP contribution < -0.4 is 10.8 Å². The van der Waals surface area contributed by atoms with E-state index in [1.54, 1.807) is 0 Å². The molecule has 20 heavy (non-hydrogen) atoms. The molecule has 9 heteroatoms. The van der Waals surface area contributed by atoms with E-state index in [0.717, 1.165) is 6.26 Å². The van der Waals surface area contributed by atoms with Crippen molar-refractivity contribution in [2.75, 3.05) is 11.6 Å². The fourth-order valence-electron chi connectivity index (χ4n) is 1.65. The summed E-state index contributed by atoms with van der Waals surface area (Å²) in [5, 5.41) is 11.7. The molecule has 2 atom stereocenters. The zero-order chi connectivity index (χ0) is 14.9. The summed E-state index contributed by atoms with van der Waals surface area (Å²) in [6.07, 6.45) is -0.406. The van der Waals surface area contributed by atoms with Gasteiger partial charge in [0.15, 0.2) is 22.0 Å². The maximum Gasteiger partial charge on any atom is 0.341 e. The van der Waals surface area contributed by atoms with Gasteiger partial charge in [-0.15, -0.1) is 5.48 Å². The van der Waals surface area contributed by atoms with Crippen molar-refractivity contribution in [3.63, 3.8) is 0 Å². The Morgan fingerprint density at radius 1 is 1.45 bits per heavy atom. The van der Waals surface area contributed by atoms with Gasteiger partial charge >= 0.3 is 5.97 Å². The van der Waals surface area contributed by atoms with Crippen LogP contribution in [0.15, 0.2) is 29.2 Å². The van der Waals surface area contributed by atoms with E-state index in [9.17, 15) is 23.1 Å². The van der Waals surface area contributed by atoms with Crippen molar-refractivity contribution in [3.05, 3.63) is 24.3 Å². The minimum Gasteiger partial charge on any atom is -0.374 e. The fraction of sp³-hybridized carbons (Fsp3) is 0.273. The van der Waals surface area contributed by atoms with E-state index >= 15 is 0 Å². The summed E-state index contributed by atoms with van der Waals surface area (Å²) in [6.45, 7) is 0. The summed E-state index contributed by atoms with van der Waals surface area (Å²) in [6, 6.07) is 5.55. The molecule has 1 aromatic carbocycles. The molecule has 0 aliphatic carbocycles. The average Bonchev–Trinajstić information content (AvgIpc) is 2.68. The molecule has 0 radical (unpaired) electrons. The van der Waals surface area contributed by atoms with Crippen LogP contribution >= 0.6 is 0 Å². The van der Waals surface area contributed by atoms with Gasteiger partial charge in [-0.05, 0) is 18.2 Å². The Morgan fingerprint density at radius 2 is 2.15 bits per heavy atom. The number of carbonyl (C=O) groups excluding carboxylic acids is 2. The Morgan fingerprint density at radius 3 is 2.70 bits per heavy atom. The van der Waals surface area contributed by atoms with Crippen LogP contribution in [0.3, 0.4) is 0 Å². The van der Waals surface area contributed by atoms with Crippen molar-refractivity contribution in [3.8, 4) is 0 Å². The Kier molecular flexibility index (Phi) is 3.75. The van der Waals surface area contributed by atoms with Crippen molar-refractivity contribution in [1.82, 2.24) is 5.48 Å². The number of aliphatic hydroxyl groups is 1. The first-order chi connectivity index (χ1) is 9.29. The smallest absolute Gasteiger partial charge is 0.341 e. The van der Waals surface area contributed by atoms with Crippen LogP contribution in [-0.4, -0.2) is 37.9 Å². The summed E-state index contributed by atoms with van der Waals surface area (Å²) in [7, 11) is -3.41. The second-order valence-corrected chi connectivity index (χ2v) is 6.27. The highest BCUT2D eigenvalue weighted by molar-refractivity contribution is 7.90. The van der Waals surface area contributed by atoms with Crippen molar-refractivity contribution in [1.29, 1.82) is 0 Å². The van der Waals surface area contributed by atoms with E-state index in [1.807, 2.05) is 5.48 Å². The molecule has 0 bridgehead atoms. The van der Waals surface area contributed by atoms with Gasteiger partial charge in [-0.2, -0.15) is 0 Å². The van der Waals surface area contributed by atoms with Crippen LogP contribution in [0.4, 0.5) is 5.69 Å². The first-order valence-corrected chi connectivity index (χ1v) is 7.43. The Labute approximate surface area is 114 Å². The maximum atomic E-state index is 11.8. The first kappa shape index (κ1) is 14.4. The molecule has 108 valence electrons. The van der Waals surface area contributed by atoms with Gasteiger partial charge in [0.1, 0.15) is 0 Å². The van der Waals surface area contributed by atoms with Gasteiger partial charge in [0.25, 0.3) is 0 Å². The van der Waals surface area contributed by atoms with Crippen molar-refractivity contribution < 1.29 is 28.0 Å². The molecular weight excluding hydrogens is 288 g/mol. The summed E-state index contributed by atoms with van der Waals surface area (Å²) in [4.78, 5) is 27.4. The molecular formula is C11H12N2O6S. The third-order valence-electron chi connectivity index (χ3n) is 2.66. The summed E-state index contributed by atoms with van der Waals surface area (Å²) in [5.74, 6) is -3.11. The first-order valence-electron chi connectivity index (χ1n) is 5.54. The monoisotopic (exact) mass is 300 g/mol. The van der Waals surface area contributed by atoms with E-state index in [4.69, 9.17) is 0 Å². The highest BCUT2D eigenvalue weighted by atomic mass is 32.2. The third-order valence-corrected chi connectivity index (χ3v) is 3.77. The third kappa shape index (κ3) is 2.95. The molecule has 1 aliphatic rings. The number of hydrogen-bond donors (Lipinski definition) is 3. The van der Waals surface area contributed by atoms with Gasteiger partial charge in [-0.3, -0.25) is 4.79 Å². The molecule has 2 rings (SSSR count). The van der Waals surface area contributed by atoms with Crippen LogP contribution in [0.5, 0.6) is 0 Å². The lowest BCUT2D eigenvalue weighted by Crippen LogP contribution is -2.36. The largest absolute Gasteiger partial charge is 0.374 e. The van der Waals surface area contributed by atoms with E-state index in [2.05, 4.69) is 10.2 Å². The number of nitrogens with one attached hydrogen (secondary N) is 2. The normalized spacial score (nSPS) is 22.4. The average molecular weight is 300 g/mol. The molecule has 0 aromatic heterocycles. The number of carbonyl (C=O) groups is 2. The SMILES string of the molecule is CS(=O)(=O)c1cccc(NC(=O)C2C(=O)ONC2O)c1. The molecule has 3 N–H and O–H groups in total. The fourth-order valence-corrected chi connectivity index (χ4v) is 2.32. The van der Waals surface area contributed by atoms with Crippen LogP contribution in [0.2, 0.25) is 0 Å². The summed E-state index contributed by atoms with van der Waals surface area (Å²) >= 11 is 0. The number of anilines is 1. The maximum absolute atomic E-state index is 11.8. The van der Waals surface area contributed by atoms with Crippen LogP contribution in [-0.2, 0) is 24.3 Å². The van der Waals surface area contributed by atoms with Gasteiger partial charge < -0.3 is 15.3 Å². The summed E-state index contributed by atoms with van der Waals surface area (Å²) in [5.41, 5.74) is 2.17. The highest BCUT2D eigenvalue weighted by Crippen LogP contribution is 2.18. The summed E-state index contributed by atoms with van der Waals surface area (Å²) < 4.78 is 22.8. The van der Waals surface area contributed by atoms with Crippen LogP contribution in [0, 0.1) is 5.92 Å². The molecule has 1 fully saturated rings. The number of sulfone groups is 1. The molecule has 1 aromatic rings. The van der Waals surface area contributed by atoms with Gasteiger partial charge in [0, 0.05) is 11.9 Å². The Hall–Kier alpha value is -1.97.